The maximum absolute atomic E-state index is 8.56. The Kier molecular flexibility index (Phi) is 2.16. The second-order valence-corrected chi connectivity index (χ2v) is 3.27. The molecule has 0 aliphatic carbocycles. The molecular weight excluding hydrogens is 124 g/mol. The van der Waals surface area contributed by atoms with Crippen molar-refractivity contribution in [3.8, 4) is 0 Å². The highest BCUT2D eigenvalue weighted by Gasteiger charge is 2.29. The summed E-state index contributed by atoms with van der Waals surface area (Å²) in [6.45, 7) is 0.453. The van der Waals surface area contributed by atoms with Crippen molar-refractivity contribution in [3.63, 3.8) is 0 Å². The average molecular weight is 134 g/mol. The van der Waals surface area contributed by atoms with E-state index >= 15 is 0 Å². The lowest BCUT2D eigenvalue weighted by atomic mass is 10.1. The summed E-state index contributed by atoms with van der Waals surface area (Å²) in [6, 6.07) is 0. The fourth-order valence-electron chi connectivity index (χ4n) is 0.740. The van der Waals surface area contributed by atoms with Crippen molar-refractivity contribution >= 4 is 11.8 Å². The van der Waals surface area contributed by atoms with Crippen molar-refractivity contribution in [1.29, 1.82) is 0 Å². The van der Waals surface area contributed by atoms with Gasteiger partial charge in [0.2, 0.25) is 0 Å². The molecular formula is C5H10O2S. The monoisotopic (exact) mass is 134 g/mol. The second kappa shape index (κ2) is 2.71. The summed E-state index contributed by atoms with van der Waals surface area (Å²) in [5.41, 5.74) is 0. The largest absolute Gasteiger partial charge is 0.396 e. The molecule has 8 heavy (non-hydrogen) atoms. The zero-order chi connectivity index (χ0) is 5.98. The minimum absolute atomic E-state index is 0.218. The molecule has 0 amide bonds. The summed E-state index contributed by atoms with van der Waals surface area (Å²) in [5.74, 6) is 1.38. The van der Waals surface area contributed by atoms with Gasteiger partial charge in [-0.2, -0.15) is 11.8 Å². The van der Waals surface area contributed by atoms with Crippen molar-refractivity contribution in [2.24, 2.45) is 5.92 Å². The van der Waals surface area contributed by atoms with Crippen molar-refractivity contribution < 1.29 is 10.2 Å². The van der Waals surface area contributed by atoms with Gasteiger partial charge in [-0.1, -0.05) is 0 Å². The Labute approximate surface area is 52.9 Å². The Hall–Kier alpha value is 0.270. The van der Waals surface area contributed by atoms with Crippen LogP contribution in [0.1, 0.15) is 0 Å². The minimum Gasteiger partial charge on any atom is -0.396 e. The van der Waals surface area contributed by atoms with E-state index in [0.717, 1.165) is 5.75 Å². The number of rotatable bonds is 2. The van der Waals surface area contributed by atoms with Crippen LogP contribution < -0.4 is 0 Å². The van der Waals surface area contributed by atoms with E-state index in [-0.39, 0.29) is 13.2 Å². The molecule has 1 aliphatic rings. The maximum atomic E-state index is 8.56. The molecule has 0 radical (unpaired) electrons. The lowest BCUT2D eigenvalue weighted by molar-refractivity contribution is 0.192. The highest BCUT2D eigenvalue weighted by molar-refractivity contribution is 8.01. The molecule has 1 aliphatic heterocycles. The van der Waals surface area contributed by atoms with Crippen LogP contribution in [0.25, 0.3) is 0 Å². The highest BCUT2D eigenvalue weighted by atomic mass is 32.2. The van der Waals surface area contributed by atoms with Crippen molar-refractivity contribution in [2.45, 2.75) is 5.25 Å². The molecule has 2 N–H and O–H groups in total. The molecule has 1 rings (SSSR count). The quantitative estimate of drug-likeness (QED) is 0.545. The number of hydrogen-bond acceptors (Lipinski definition) is 3. The van der Waals surface area contributed by atoms with E-state index in [2.05, 4.69) is 0 Å². The molecule has 48 valence electrons. The van der Waals surface area contributed by atoms with Crippen LogP contribution in [-0.4, -0.2) is 34.4 Å². The summed E-state index contributed by atoms with van der Waals surface area (Å²) in [5, 5.41) is 17.4. The molecule has 0 aromatic heterocycles. The topological polar surface area (TPSA) is 40.5 Å². The van der Waals surface area contributed by atoms with Gasteiger partial charge in [-0.15, -0.1) is 0 Å². The zero-order valence-electron chi connectivity index (χ0n) is 4.58. The van der Waals surface area contributed by atoms with Crippen molar-refractivity contribution in [2.75, 3.05) is 19.0 Å². The Bertz CT molecular complexity index is 62.8. The molecule has 3 heteroatoms. The van der Waals surface area contributed by atoms with Gasteiger partial charge in [0.15, 0.2) is 0 Å². The van der Waals surface area contributed by atoms with Gasteiger partial charge < -0.3 is 10.2 Å². The van der Waals surface area contributed by atoms with Gasteiger partial charge in [0.05, 0.1) is 6.61 Å². The van der Waals surface area contributed by atoms with Crippen LogP contribution in [0, 0.1) is 5.92 Å². The first kappa shape index (κ1) is 6.39. The number of aliphatic hydroxyl groups is 2. The number of hydrogen-bond donors (Lipinski definition) is 2. The van der Waals surface area contributed by atoms with Gasteiger partial charge in [-0.3, -0.25) is 0 Å². The highest BCUT2D eigenvalue weighted by Crippen LogP contribution is 2.33. The molecule has 0 saturated carbocycles. The van der Waals surface area contributed by atoms with Crippen LogP contribution in [0.15, 0.2) is 0 Å². The fourth-order valence-corrected chi connectivity index (χ4v) is 1.77. The molecule has 0 aromatic rings. The summed E-state index contributed by atoms with van der Waals surface area (Å²) in [4.78, 5) is 0. The van der Waals surface area contributed by atoms with E-state index < -0.39 is 0 Å². The van der Waals surface area contributed by atoms with Crippen LogP contribution in [0.5, 0.6) is 0 Å². The molecule has 0 spiro atoms. The third-order valence-corrected chi connectivity index (χ3v) is 3.05. The van der Waals surface area contributed by atoms with Crippen LogP contribution in [0.3, 0.4) is 0 Å². The molecule has 1 saturated heterocycles. The minimum atomic E-state index is 0.218. The lowest BCUT2D eigenvalue weighted by Gasteiger charge is -2.32. The molecule has 0 bridgehead atoms. The van der Waals surface area contributed by atoms with E-state index in [1.54, 1.807) is 11.8 Å². The maximum Gasteiger partial charge on any atom is 0.0553 e. The van der Waals surface area contributed by atoms with Crippen LogP contribution in [-0.2, 0) is 0 Å². The summed E-state index contributed by atoms with van der Waals surface area (Å²) < 4.78 is 0. The van der Waals surface area contributed by atoms with E-state index in [1.165, 1.54) is 0 Å². The van der Waals surface area contributed by atoms with Crippen LogP contribution in [0.2, 0.25) is 0 Å². The number of thioether (sulfide) groups is 1. The predicted molar refractivity (Wildman–Crippen MR) is 33.9 cm³/mol. The fraction of sp³-hybridized carbons (Fsp3) is 1.00. The predicted octanol–water partition coefficient (Wildman–Crippen LogP) is -0.297. The average Bonchev–Trinajstić information content (AvgIpc) is 1.66. The first-order chi connectivity index (χ1) is 3.88. The lowest BCUT2D eigenvalue weighted by Crippen LogP contribution is -2.36. The molecule has 2 nitrogen and oxygen atoms in total. The standard InChI is InChI=1S/C5H10O2S/c6-1-4-3-8-5(4)2-7/h4-7H,1-3H2/t4-,5+/m0/s1. The summed E-state index contributed by atoms with van der Waals surface area (Å²) in [7, 11) is 0. The summed E-state index contributed by atoms with van der Waals surface area (Å²) >= 11 is 1.73. The van der Waals surface area contributed by atoms with Gasteiger partial charge >= 0.3 is 0 Å². The van der Waals surface area contributed by atoms with Crippen LogP contribution >= 0.6 is 11.8 Å². The number of aliphatic hydroxyl groups excluding tert-OH is 2. The molecule has 2 atom stereocenters. The Morgan fingerprint density at radius 1 is 1.38 bits per heavy atom. The van der Waals surface area contributed by atoms with Gasteiger partial charge in [0.1, 0.15) is 0 Å². The first-order valence-electron chi connectivity index (χ1n) is 2.71. The second-order valence-electron chi connectivity index (χ2n) is 2.00. The van der Waals surface area contributed by atoms with Gasteiger partial charge in [0.25, 0.3) is 0 Å². The molecule has 1 heterocycles. The van der Waals surface area contributed by atoms with E-state index in [4.69, 9.17) is 10.2 Å². The molecule has 0 aromatic carbocycles. The van der Waals surface area contributed by atoms with Gasteiger partial charge in [-0.05, 0) is 5.75 Å². The van der Waals surface area contributed by atoms with Crippen molar-refractivity contribution in [1.82, 2.24) is 0 Å². The third kappa shape index (κ3) is 0.989. The SMILES string of the molecule is OC[C@H]1CS[C@@H]1CO. The first-order valence-corrected chi connectivity index (χ1v) is 3.76. The Morgan fingerprint density at radius 3 is 2.25 bits per heavy atom. The normalized spacial score (nSPS) is 36.8. The van der Waals surface area contributed by atoms with E-state index in [1.807, 2.05) is 0 Å². The van der Waals surface area contributed by atoms with Gasteiger partial charge in [-0.25, -0.2) is 0 Å². The molecule has 1 fully saturated rings. The zero-order valence-corrected chi connectivity index (χ0v) is 5.40. The Balaban J connectivity index is 2.16. The van der Waals surface area contributed by atoms with E-state index in [9.17, 15) is 0 Å². The van der Waals surface area contributed by atoms with Crippen molar-refractivity contribution in [3.05, 3.63) is 0 Å². The third-order valence-electron chi connectivity index (χ3n) is 1.46. The van der Waals surface area contributed by atoms with Crippen LogP contribution in [0.4, 0.5) is 0 Å². The smallest absolute Gasteiger partial charge is 0.0553 e. The molecule has 0 unspecified atom stereocenters. The Morgan fingerprint density at radius 2 is 2.12 bits per heavy atom. The van der Waals surface area contributed by atoms with Gasteiger partial charge in [0, 0.05) is 17.8 Å². The summed E-state index contributed by atoms with van der Waals surface area (Å²) in [6.07, 6.45) is 0. The van der Waals surface area contributed by atoms with E-state index in [0.29, 0.717) is 11.2 Å².